The highest BCUT2D eigenvalue weighted by Crippen LogP contribution is 2.30. The number of hydrazone groups is 1. The van der Waals surface area contributed by atoms with Crippen LogP contribution < -0.4 is 10.3 Å². The average Bonchev–Trinajstić information content (AvgIpc) is 3.26. The summed E-state index contributed by atoms with van der Waals surface area (Å²) >= 11 is 0. The van der Waals surface area contributed by atoms with E-state index in [1.807, 2.05) is 31.2 Å². The second-order valence-corrected chi connectivity index (χ2v) is 8.24. The number of ether oxygens (including phenoxy) is 1. The maximum atomic E-state index is 5.57. The van der Waals surface area contributed by atoms with Crippen LogP contribution in [0.15, 0.2) is 53.9 Å². The van der Waals surface area contributed by atoms with Crippen molar-refractivity contribution in [2.45, 2.75) is 27.3 Å². The summed E-state index contributed by atoms with van der Waals surface area (Å²) < 4.78 is 7.68. The molecule has 1 saturated heterocycles. The lowest BCUT2D eigenvalue weighted by molar-refractivity contribution is 0.122. The van der Waals surface area contributed by atoms with E-state index in [1.54, 1.807) is 12.4 Å². The third-order valence-corrected chi connectivity index (χ3v) is 5.90. The molecule has 0 aliphatic carbocycles. The van der Waals surface area contributed by atoms with Crippen LogP contribution in [0, 0.1) is 6.92 Å². The molecule has 1 aliphatic heterocycles. The first-order valence-corrected chi connectivity index (χ1v) is 11.5. The van der Waals surface area contributed by atoms with E-state index in [0.29, 0.717) is 19.2 Å². The number of rotatable bonds is 6. The van der Waals surface area contributed by atoms with E-state index in [2.05, 4.69) is 51.0 Å². The standard InChI is InChI=1S/C25H28N8O/c1-4-33-22(19-8-10-26-11-9-19)27-21-23(32-12-14-34-15-13-32)28-25(29-24(21)33)31-30-18(3)20-7-5-6-17(2)16-20/h5-11,16H,4,12-15H2,1-3H3,(H,28,29,31). The van der Waals surface area contributed by atoms with Gasteiger partial charge in [-0.15, -0.1) is 0 Å². The molecule has 0 atom stereocenters. The Morgan fingerprint density at radius 1 is 1.09 bits per heavy atom. The van der Waals surface area contributed by atoms with Crippen molar-refractivity contribution < 1.29 is 4.74 Å². The van der Waals surface area contributed by atoms with E-state index < -0.39 is 0 Å². The zero-order chi connectivity index (χ0) is 23.5. The summed E-state index contributed by atoms with van der Waals surface area (Å²) in [6.45, 7) is 9.67. The molecule has 0 unspecified atom stereocenters. The lowest BCUT2D eigenvalue weighted by Gasteiger charge is -2.28. The molecule has 0 saturated carbocycles. The summed E-state index contributed by atoms with van der Waals surface area (Å²) in [6.07, 6.45) is 3.55. The van der Waals surface area contributed by atoms with Gasteiger partial charge in [0.2, 0.25) is 5.95 Å². The molecule has 34 heavy (non-hydrogen) atoms. The van der Waals surface area contributed by atoms with Crippen LogP contribution >= 0.6 is 0 Å². The molecule has 9 heteroatoms. The number of aryl methyl sites for hydroxylation is 2. The number of hydrogen-bond acceptors (Lipinski definition) is 8. The number of fused-ring (bicyclic) bond motifs is 1. The Morgan fingerprint density at radius 3 is 2.62 bits per heavy atom. The van der Waals surface area contributed by atoms with Crippen LogP contribution in [0.1, 0.15) is 25.0 Å². The van der Waals surface area contributed by atoms with Crippen molar-refractivity contribution in [1.82, 2.24) is 24.5 Å². The molecule has 9 nitrogen and oxygen atoms in total. The Morgan fingerprint density at radius 2 is 1.88 bits per heavy atom. The third kappa shape index (κ3) is 4.34. The molecule has 5 rings (SSSR count). The summed E-state index contributed by atoms with van der Waals surface area (Å²) in [6, 6.07) is 12.2. The van der Waals surface area contributed by atoms with Gasteiger partial charge in [0.05, 0.1) is 18.9 Å². The summed E-state index contributed by atoms with van der Waals surface area (Å²) in [5, 5.41) is 4.58. The maximum Gasteiger partial charge on any atom is 0.247 e. The molecule has 0 amide bonds. The Kier molecular flexibility index (Phi) is 6.18. The van der Waals surface area contributed by atoms with E-state index in [0.717, 1.165) is 59.3 Å². The highest BCUT2D eigenvalue weighted by Gasteiger charge is 2.23. The molecule has 1 aromatic carbocycles. The number of hydrogen-bond donors (Lipinski definition) is 1. The van der Waals surface area contributed by atoms with Crippen molar-refractivity contribution in [1.29, 1.82) is 0 Å². The van der Waals surface area contributed by atoms with Crippen molar-refractivity contribution in [2.24, 2.45) is 5.10 Å². The van der Waals surface area contributed by atoms with Crippen LogP contribution in [0.2, 0.25) is 0 Å². The van der Waals surface area contributed by atoms with Gasteiger partial charge in [-0.3, -0.25) is 4.98 Å². The first-order valence-electron chi connectivity index (χ1n) is 11.5. The largest absolute Gasteiger partial charge is 0.378 e. The minimum absolute atomic E-state index is 0.442. The molecule has 1 aliphatic rings. The molecule has 0 spiro atoms. The summed E-state index contributed by atoms with van der Waals surface area (Å²) in [5.74, 6) is 2.08. The fourth-order valence-corrected chi connectivity index (χ4v) is 4.12. The minimum Gasteiger partial charge on any atom is -0.378 e. The zero-order valence-electron chi connectivity index (χ0n) is 19.7. The van der Waals surface area contributed by atoms with E-state index in [1.165, 1.54) is 5.56 Å². The number of imidazole rings is 1. The third-order valence-electron chi connectivity index (χ3n) is 5.90. The van der Waals surface area contributed by atoms with Gasteiger partial charge in [0.25, 0.3) is 0 Å². The molecular weight excluding hydrogens is 428 g/mol. The van der Waals surface area contributed by atoms with Crippen molar-refractivity contribution in [3.05, 3.63) is 59.9 Å². The lowest BCUT2D eigenvalue weighted by atomic mass is 10.1. The predicted molar refractivity (Wildman–Crippen MR) is 134 cm³/mol. The Bertz CT molecular complexity index is 1330. The Labute approximate surface area is 198 Å². The van der Waals surface area contributed by atoms with Gasteiger partial charge in [-0.05, 0) is 38.5 Å². The van der Waals surface area contributed by atoms with Crippen LogP contribution in [0.3, 0.4) is 0 Å². The molecule has 0 radical (unpaired) electrons. The first kappa shape index (κ1) is 22.0. The smallest absolute Gasteiger partial charge is 0.247 e. The normalized spacial score (nSPS) is 14.6. The van der Waals surface area contributed by atoms with Crippen LogP contribution in [0.5, 0.6) is 0 Å². The van der Waals surface area contributed by atoms with Crippen LogP contribution in [0.4, 0.5) is 11.8 Å². The second-order valence-electron chi connectivity index (χ2n) is 8.24. The lowest BCUT2D eigenvalue weighted by Crippen LogP contribution is -2.37. The summed E-state index contributed by atoms with van der Waals surface area (Å²) in [4.78, 5) is 21.0. The van der Waals surface area contributed by atoms with E-state index >= 15 is 0 Å². The minimum atomic E-state index is 0.442. The SMILES string of the molecule is CCn1c(-c2ccncc2)nc2c(N3CCOCC3)nc(NN=C(C)c3cccc(C)c3)nc21. The van der Waals surface area contributed by atoms with Gasteiger partial charge in [0.1, 0.15) is 5.82 Å². The second kappa shape index (κ2) is 9.56. The Balaban J connectivity index is 1.60. The molecular formula is C25H28N8O. The fourth-order valence-electron chi connectivity index (χ4n) is 4.12. The molecule has 1 fully saturated rings. The number of benzene rings is 1. The van der Waals surface area contributed by atoms with Crippen molar-refractivity contribution in [3.8, 4) is 11.4 Å². The maximum absolute atomic E-state index is 5.57. The average molecular weight is 457 g/mol. The van der Waals surface area contributed by atoms with Crippen LogP contribution in [-0.2, 0) is 11.3 Å². The Hall–Kier alpha value is -3.85. The zero-order valence-corrected chi connectivity index (χ0v) is 19.7. The molecule has 1 N–H and O–H groups in total. The van der Waals surface area contributed by atoms with Crippen molar-refractivity contribution in [2.75, 3.05) is 36.6 Å². The van der Waals surface area contributed by atoms with E-state index in [-0.39, 0.29) is 0 Å². The summed E-state index contributed by atoms with van der Waals surface area (Å²) in [7, 11) is 0. The van der Waals surface area contributed by atoms with Crippen LogP contribution in [-0.4, -0.2) is 56.5 Å². The van der Waals surface area contributed by atoms with Gasteiger partial charge in [-0.1, -0.05) is 29.8 Å². The predicted octanol–water partition coefficient (Wildman–Crippen LogP) is 3.89. The number of nitrogens with zero attached hydrogens (tertiary/aromatic N) is 7. The van der Waals surface area contributed by atoms with Crippen molar-refractivity contribution >= 4 is 28.6 Å². The topological polar surface area (TPSA) is 93.4 Å². The van der Waals surface area contributed by atoms with Gasteiger partial charge in [-0.2, -0.15) is 15.1 Å². The monoisotopic (exact) mass is 456 g/mol. The number of morpholine rings is 1. The number of aromatic nitrogens is 5. The molecule has 3 aromatic heterocycles. The molecule has 174 valence electrons. The van der Waals surface area contributed by atoms with Gasteiger partial charge >= 0.3 is 0 Å². The highest BCUT2D eigenvalue weighted by molar-refractivity contribution is 5.99. The summed E-state index contributed by atoms with van der Waals surface area (Å²) in [5.41, 5.74) is 8.74. The molecule has 4 heterocycles. The number of pyridine rings is 1. The molecule has 0 bridgehead atoms. The first-order chi connectivity index (χ1) is 16.6. The molecule has 4 aromatic rings. The fraction of sp³-hybridized carbons (Fsp3) is 0.320. The van der Waals surface area contributed by atoms with Gasteiger partial charge in [0, 0.05) is 37.6 Å². The van der Waals surface area contributed by atoms with Crippen LogP contribution in [0.25, 0.3) is 22.6 Å². The van der Waals surface area contributed by atoms with E-state index in [9.17, 15) is 0 Å². The quantitative estimate of drug-likeness (QED) is 0.347. The number of nitrogens with one attached hydrogen (secondary N) is 1. The van der Waals surface area contributed by atoms with Gasteiger partial charge in [0.15, 0.2) is 17.0 Å². The highest BCUT2D eigenvalue weighted by atomic mass is 16.5. The van der Waals surface area contributed by atoms with E-state index in [4.69, 9.17) is 19.7 Å². The van der Waals surface area contributed by atoms with Gasteiger partial charge < -0.3 is 14.2 Å². The number of anilines is 2. The van der Waals surface area contributed by atoms with Crippen molar-refractivity contribution in [3.63, 3.8) is 0 Å². The van der Waals surface area contributed by atoms with Gasteiger partial charge in [-0.25, -0.2) is 10.4 Å².